The van der Waals surface area contributed by atoms with Crippen LogP contribution in [0.15, 0.2) is 77.7 Å². The minimum Gasteiger partial charge on any atom is -0.459 e. The lowest BCUT2D eigenvalue weighted by atomic mass is 10.1. The number of pyridine rings is 1. The van der Waals surface area contributed by atoms with Gasteiger partial charge in [0.15, 0.2) is 5.76 Å². The Hall–Kier alpha value is -4.20. The van der Waals surface area contributed by atoms with E-state index in [4.69, 9.17) is 4.42 Å². The first-order chi connectivity index (χ1) is 16.1. The Kier molecular flexibility index (Phi) is 5.48. The minimum atomic E-state index is -0.577. The Balaban J connectivity index is 1.39. The number of hydrogen-bond donors (Lipinski definition) is 2. The predicted octanol–water partition coefficient (Wildman–Crippen LogP) is 4.95. The number of benzene rings is 2. The largest absolute Gasteiger partial charge is 0.459 e. The molecule has 33 heavy (non-hydrogen) atoms. The van der Waals surface area contributed by atoms with E-state index in [-0.39, 0.29) is 23.4 Å². The molecule has 2 aromatic heterocycles. The molecule has 0 aliphatic carbocycles. The number of fused-ring (bicyclic) bond motifs is 1. The number of amides is 2. The van der Waals surface area contributed by atoms with Gasteiger partial charge in [-0.05, 0) is 67.4 Å². The first kappa shape index (κ1) is 20.7. The van der Waals surface area contributed by atoms with E-state index in [1.807, 2.05) is 12.1 Å². The molecule has 1 atom stereocenters. The number of furan rings is 1. The van der Waals surface area contributed by atoms with E-state index in [1.54, 1.807) is 47.6 Å². The monoisotopic (exact) mass is 444 g/mol. The van der Waals surface area contributed by atoms with E-state index < -0.39 is 6.04 Å². The van der Waals surface area contributed by atoms with Gasteiger partial charge < -0.3 is 20.0 Å². The van der Waals surface area contributed by atoms with Gasteiger partial charge in [0.25, 0.3) is 5.91 Å². The summed E-state index contributed by atoms with van der Waals surface area (Å²) in [6.45, 7) is 0.500. The fourth-order valence-corrected chi connectivity index (χ4v) is 4.14. The molecular weight excluding hydrogens is 423 g/mol. The van der Waals surface area contributed by atoms with Crippen molar-refractivity contribution in [3.05, 3.63) is 84.8 Å². The number of aromatic nitrogens is 1. The summed E-state index contributed by atoms with van der Waals surface area (Å²) in [6, 6.07) is 14.2. The van der Waals surface area contributed by atoms with E-state index >= 15 is 0 Å². The molecule has 0 spiro atoms. The van der Waals surface area contributed by atoms with E-state index in [1.165, 1.54) is 18.4 Å². The molecule has 2 N–H and O–H groups in total. The fraction of sp³-hybridized carbons (Fsp3) is 0.160. The normalized spacial score (nSPS) is 15.5. The number of carbonyl (C=O) groups is 2. The Labute approximate surface area is 189 Å². The number of likely N-dealkylation sites (tertiary alicyclic amines) is 1. The van der Waals surface area contributed by atoms with Crippen LogP contribution in [0.5, 0.6) is 0 Å². The SMILES string of the molecule is O=C(Nc1ccc(Nc2ccc(F)cc2)c2ccncc12)C1CCCN1C(=O)c1ccco1. The standard InChI is InChI=1S/C25H21FN4O3/c26-16-5-7-17(8-6-16)28-20-9-10-21(19-15-27-12-11-18(19)20)29-24(31)22-3-1-13-30(22)25(32)23-4-2-14-33-23/h2,4-12,14-15,22,28H,1,3,13H2,(H,29,31). The van der Waals surface area contributed by atoms with E-state index in [0.29, 0.717) is 18.7 Å². The molecule has 1 unspecified atom stereocenters. The van der Waals surface area contributed by atoms with Crippen LogP contribution in [0.3, 0.4) is 0 Å². The molecule has 166 valence electrons. The topological polar surface area (TPSA) is 87.5 Å². The third-order valence-corrected chi connectivity index (χ3v) is 5.75. The molecule has 3 heterocycles. The zero-order valence-electron chi connectivity index (χ0n) is 17.6. The maximum atomic E-state index is 13.2. The van der Waals surface area contributed by atoms with E-state index in [9.17, 15) is 14.0 Å². The average Bonchev–Trinajstić information content (AvgIpc) is 3.54. The molecule has 5 rings (SSSR count). The molecule has 0 saturated carbocycles. The van der Waals surface area contributed by atoms with Gasteiger partial charge in [-0.3, -0.25) is 14.6 Å². The first-order valence-electron chi connectivity index (χ1n) is 10.6. The summed E-state index contributed by atoms with van der Waals surface area (Å²) in [5.41, 5.74) is 2.14. The van der Waals surface area contributed by atoms with Gasteiger partial charge in [0.2, 0.25) is 5.91 Å². The smallest absolute Gasteiger partial charge is 0.290 e. The van der Waals surface area contributed by atoms with Crippen LogP contribution >= 0.6 is 0 Å². The molecule has 1 saturated heterocycles. The molecule has 8 heteroatoms. The number of hydrogen-bond acceptors (Lipinski definition) is 5. The molecule has 4 aromatic rings. The van der Waals surface area contributed by atoms with Crippen LogP contribution in [0.2, 0.25) is 0 Å². The van der Waals surface area contributed by atoms with Crippen LogP contribution in [0.1, 0.15) is 23.4 Å². The average molecular weight is 444 g/mol. The summed E-state index contributed by atoms with van der Waals surface area (Å²) in [5.74, 6) is -0.625. The van der Waals surface area contributed by atoms with Gasteiger partial charge in [-0.1, -0.05) is 0 Å². The molecule has 7 nitrogen and oxygen atoms in total. The Bertz CT molecular complexity index is 1310. The molecule has 2 aromatic carbocycles. The van der Waals surface area contributed by atoms with Crippen molar-refractivity contribution < 1.29 is 18.4 Å². The summed E-state index contributed by atoms with van der Waals surface area (Å²) in [5, 5.41) is 7.85. The number of anilines is 3. The summed E-state index contributed by atoms with van der Waals surface area (Å²) in [4.78, 5) is 31.6. The molecule has 1 aliphatic rings. The van der Waals surface area contributed by atoms with Crippen molar-refractivity contribution in [1.29, 1.82) is 0 Å². The van der Waals surface area contributed by atoms with Gasteiger partial charge >= 0.3 is 0 Å². The highest BCUT2D eigenvalue weighted by molar-refractivity contribution is 6.08. The van der Waals surface area contributed by atoms with Gasteiger partial charge in [-0.2, -0.15) is 0 Å². The molecular formula is C25H21FN4O3. The maximum Gasteiger partial charge on any atom is 0.290 e. The maximum absolute atomic E-state index is 13.2. The van der Waals surface area contributed by atoms with Crippen LogP contribution in [-0.4, -0.2) is 34.3 Å². The third kappa shape index (κ3) is 4.15. The Morgan fingerprint density at radius 2 is 1.85 bits per heavy atom. The summed E-state index contributed by atoms with van der Waals surface area (Å²) in [6.07, 6.45) is 6.12. The van der Waals surface area contributed by atoms with E-state index in [0.717, 1.165) is 28.6 Å². The lowest BCUT2D eigenvalue weighted by Crippen LogP contribution is -2.43. The lowest BCUT2D eigenvalue weighted by Gasteiger charge is -2.23. The van der Waals surface area contributed by atoms with Gasteiger partial charge in [0.1, 0.15) is 11.9 Å². The van der Waals surface area contributed by atoms with Gasteiger partial charge in [-0.25, -0.2) is 4.39 Å². The Morgan fingerprint density at radius 1 is 1.03 bits per heavy atom. The quantitative estimate of drug-likeness (QED) is 0.455. The van der Waals surface area contributed by atoms with Crippen LogP contribution in [0.25, 0.3) is 10.8 Å². The number of nitrogens with one attached hydrogen (secondary N) is 2. The van der Waals surface area contributed by atoms with Crippen LogP contribution in [0.4, 0.5) is 21.5 Å². The first-order valence-corrected chi connectivity index (χ1v) is 10.6. The number of rotatable bonds is 5. The van der Waals surface area contributed by atoms with Crippen molar-refractivity contribution in [3.63, 3.8) is 0 Å². The Morgan fingerprint density at radius 3 is 2.64 bits per heavy atom. The van der Waals surface area contributed by atoms with Gasteiger partial charge in [-0.15, -0.1) is 0 Å². The highest BCUT2D eigenvalue weighted by Crippen LogP contribution is 2.32. The third-order valence-electron chi connectivity index (χ3n) is 5.75. The van der Waals surface area contributed by atoms with Crippen LogP contribution < -0.4 is 10.6 Å². The van der Waals surface area contributed by atoms with Crippen molar-refractivity contribution in [2.75, 3.05) is 17.2 Å². The highest BCUT2D eigenvalue weighted by atomic mass is 19.1. The molecule has 1 aliphatic heterocycles. The second-order valence-electron chi connectivity index (χ2n) is 7.84. The second-order valence-corrected chi connectivity index (χ2v) is 7.84. The zero-order valence-corrected chi connectivity index (χ0v) is 17.6. The van der Waals surface area contributed by atoms with Crippen molar-refractivity contribution in [2.45, 2.75) is 18.9 Å². The van der Waals surface area contributed by atoms with Crippen molar-refractivity contribution in [2.24, 2.45) is 0 Å². The number of carbonyl (C=O) groups excluding carboxylic acids is 2. The number of halogens is 1. The van der Waals surface area contributed by atoms with Crippen molar-refractivity contribution in [3.8, 4) is 0 Å². The van der Waals surface area contributed by atoms with Crippen molar-refractivity contribution >= 4 is 39.6 Å². The summed E-state index contributed by atoms with van der Waals surface area (Å²) < 4.78 is 18.5. The molecule has 0 radical (unpaired) electrons. The van der Waals surface area contributed by atoms with Crippen LogP contribution in [-0.2, 0) is 4.79 Å². The van der Waals surface area contributed by atoms with Gasteiger partial charge in [0.05, 0.1) is 12.0 Å². The fourth-order valence-electron chi connectivity index (χ4n) is 4.14. The lowest BCUT2D eigenvalue weighted by molar-refractivity contribution is -0.119. The van der Waals surface area contributed by atoms with Gasteiger partial charge in [0, 0.05) is 41.1 Å². The summed E-state index contributed by atoms with van der Waals surface area (Å²) in [7, 11) is 0. The summed E-state index contributed by atoms with van der Waals surface area (Å²) >= 11 is 0. The second kappa shape index (κ2) is 8.74. The zero-order chi connectivity index (χ0) is 22.8. The molecule has 2 amide bonds. The predicted molar refractivity (Wildman–Crippen MR) is 123 cm³/mol. The van der Waals surface area contributed by atoms with E-state index in [2.05, 4.69) is 15.6 Å². The molecule has 1 fully saturated rings. The molecule has 0 bridgehead atoms. The highest BCUT2D eigenvalue weighted by Gasteiger charge is 2.35. The van der Waals surface area contributed by atoms with Crippen molar-refractivity contribution in [1.82, 2.24) is 9.88 Å². The minimum absolute atomic E-state index is 0.223. The van der Waals surface area contributed by atoms with Crippen LogP contribution in [0, 0.1) is 5.82 Å². The number of nitrogens with zero attached hydrogens (tertiary/aromatic N) is 2.